The number of amides is 2. The lowest BCUT2D eigenvalue weighted by Gasteiger charge is -2.27. The quantitative estimate of drug-likeness (QED) is 0.238. The highest BCUT2D eigenvalue weighted by molar-refractivity contribution is 5.84. The molecule has 0 aromatic rings. The molecule has 0 aliphatic heterocycles. The maximum atomic E-state index is 11.7. The van der Waals surface area contributed by atoms with Crippen molar-refractivity contribution in [2.75, 3.05) is 26.3 Å². The first kappa shape index (κ1) is 24.5. The second-order valence-electron chi connectivity index (χ2n) is 7.72. The van der Waals surface area contributed by atoms with Crippen LogP contribution in [-0.2, 0) is 14.4 Å². The number of aliphatic hydroxyl groups is 4. The van der Waals surface area contributed by atoms with E-state index in [1.165, 1.54) is 27.7 Å². The summed E-state index contributed by atoms with van der Waals surface area (Å²) >= 11 is 0. The van der Waals surface area contributed by atoms with Crippen LogP contribution in [0.25, 0.3) is 0 Å². The van der Waals surface area contributed by atoms with Crippen molar-refractivity contribution >= 4 is 17.6 Å². The largest absolute Gasteiger partial charge is 0.396 e. The molecule has 0 saturated carbocycles. The standard InChI is InChI=1S/C17H32N2O7/c1-16(2,9-20)12(23)14(25)18-7-5-11(22)6-8-19-15(26)13(24)17(3,4)10-21/h12-13,20-21,23-24H,5-10H2,1-4H3,(H,18,25)(H,19,26). The minimum atomic E-state index is -1.39. The van der Waals surface area contributed by atoms with Crippen LogP contribution in [0.2, 0.25) is 0 Å². The van der Waals surface area contributed by atoms with Gasteiger partial charge in [0.2, 0.25) is 11.8 Å². The molecule has 0 spiro atoms. The molecule has 0 aromatic carbocycles. The number of hydrogen-bond acceptors (Lipinski definition) is 7. The molecule has 0 rings (SSSR count). The lowest BCUT2D eigenvalue weighted by Crippen LogP contribution is -2.46. The van der Waals surface area contributed by atoms with Crippen LogP contribution in [0.3, 0.4) is 0 Å². The Hall–Kier alpha value is -1.55. The Morgan fingerprint density at radius 2 is 1.08 bits per heavy atom. The van der Waals surface area contributed by atoms with Crippen molar-refractivity contribution < 1.29 is 34.8 Å². The highest BCUT2D eigenvalue weighted by Gasteiger charge is 2.33. The number of carbonyl (C=O) groups excluding carboxylic acids is 3. The van der Waals surface area contributed by atoms with Crippen LogP contribution in [0.1, 0.15) is 40.5 Å². The molecule has 0 aromatic heterocycles. The molecular formula is C17H32N2O7. The molecule has 0 aliphatic carbocycles. The van der Waals surface area contributed by atoms with Crippen LogP contribution < -0.4 is 10.6 Å². The number of ketones is 1. The Balaban J connectivity index is 4.12. The Kier molecular flexibility index (Phi) is 9.93. The molecule has 0 heterocycles. The fraction of sp³-hybridized carbons (Fsp3) is 0.824. The van der Waals surface area contributed by atoms with Crippen molar-refractivity contribution in [3.8, 4) is 0 Å². The first-order valence-electron chi connectivity index (χ1n) is 8.54. The number of aliphatic hydroxyl groups excluding tert-OH is 4. The van der Waals surface area contributed by atoms with Gasteiger partial charge in [-0.3, -0.25) is 14.4 Å². The second-order valence-corrected chi connectivity index (χ2v) is 7.72. The van der Waals surface area contributed by atoms with E-state index in [-0.39, 0.29) is 44.9 Å². The van der Waals surface area contributed by atoms with E-state index in [1.807, 2.05) is 0 Å². The summed E-state index contributed by atoms with van der Waals surface area (Å²) in [6.07, 6.45) is -2.73. The molecule has 0 fully saturated rings. The smallest absolute Gasteiger partial charge is 0.249 e. The van der Waals surface area contributed by atoms with Crippen LogP contribution in [0.4, 0.5) is 0 Å². The lowest BCUT2D eigenvalue weighted by molar-refractivity contribution is -0.137. The van der Waals surface area contributed by atoms with Crippen molar-refractivity contribution in [3.05, 3.63) is 0 Å². The van der Waals surface area contributed by atoms with Gasteiger partial charge in [-0.25, -0.2) is 0 Å². The number of nitrogens with one attached hydrogen (secondary N) is 2. The van der Waals surface area contributed by atoms with E-state index in [0.717, 1.165) is 0 Å². The minimum absolute atomic E-state index is 0.0264. The maximum absolute atomic E-state index is 11.7. The Bertz CT molecular complexity index is 450. The van der Waals surface area contributed by atoms with E-state index >= 15 is 0 Å². The normalized spacial score (nSPS) is 14.5. The van der Waals surface area contributed by atoms with Gasteiger partial charge in [-0.1, -0.05) is 27.7 Å². The summed E-state index contributed by atoms with van der Waals surface area (Å²) in [6.45, 7) is 5.50. The predicted octanol–water partition coefficient (Wildman–Crippen LogP) is -1.67. The topological polar surface area (TPSA) is 156 Å². The van der Waals surface area contributed by atoms with Gasteiger partial charge in [0.15, 0.2) is 0 Å². The third-order valence-corrected chi connectivity index (χ3v) is 4.20. The zero-order chi connectivity index (χ0) is 20.5. The molecule has 2 atom stereocenters. The average molecular weight is 376 g/mol. The highest BCUT2D eigenvalue weighted by Crippen LogP contribution is 2.20. The third kappa shape index (κ3) is 7.77. The first-order chi connectivity index (χ1) is 11.9. The zero-order valence-electron chi connectivity index (χ0n) is 15.9. The second kappa shape index (κ2) is 10.6. The molecule has 0 saturated heterocycles. The fourth-order valence-electron chi connectivity index (χ4n) is 1.85. The van der Waals surface area contributed by atoms with Crippen molar-refractivity contribution in [2.24, 2.45) is 10.8 Å². The summed E-state index contributed by atoms with van der Waals surface area (Å²) < 4.78 is 0. The van der Waals surface area contributed by atoms with Gasteiger partial charge in [0.1, 0.15) is 18.0 Å². The molecule has 0 radical (unpaired) electrons. The van der Waals surface area contributed by atoms with E-state index in [9.17, 15) is 24.6 Å². The Morgan fingerprint density at radius 1 is 0.769 bits per heavy atom. The molecule has 26 heavy (non-hydrogen) atoms. The molecule has 2 amide bonds. The zero-order valence-corrected chi connectivity index (χ0v) is 15.9. The Morgan fingerprint density at radius 3 is 1.35 bits per heavy atom. The van der Waals surface area contributed by atoms with E-state index in [2.05, 4.69) is 10.6 Å². The third-order valence-electron chi connectivity index (χ3n) is 4.20. The van der Waals surface area contributed by atoms with Gasteiger partial charge in [-0.05, 0) is 0 Å². The summed E-state index contributed by atoms with van der Waals surface area (Å²) in [4.78, 5) is 35.2. The summed E-state index contributed by atoms with van der Waals surface area (Å²) in [5, 5.41) is 42.7. The predicted molar refractivity (Wildman–Crippen MR) is 94.0 cm³/mol. The molecule has 152 valence electrons. The van der Waals surface area contributed by atoms with Crippen LogP contribution >= 0.6 is 0 Å². The SMILES string of the molecule is CC(C)(CO)C(O)C(=O)NCCC(=O)CCNC(=O)C(O)C(C)(C)CO. The highest BCUT2D eigenvalue weighted by atomic mass is 16.3. The van der Waals surface area contributed by atoms with E-state index in [0.29, 0.717) is 0 Å². The summed E-state index contributed by atoms with van der Waals surface area (Å²) in [5.41, 5.74) is -1.97. The van der Waals surface area contributed by atoms with Crippen LogP contribution in [0, 0.1) is 10.8 Å². The molecule has 9 heteroatoms. The van der Waals surface area contributed by atoms with Gasteiger partial charge in [-0.15, -0.1) is 0 Å². The maximum Gasteiger partial charge on any atom is 0.249 e. The molecule has 0 aliphatic rings. The van der Waals surface area contributed by atoms with Crippen LogP contribution in [0.5, 0.6) is 0 Å². The van der Waals surface area contributed by atoms with Crippen molar-refractivity contribution in [3.63, 3.8) is 0 Å². The van der Waals surface area contributed by atoms with E-state index in [1.54, 1.807) is 0 Å². The number of rotatable bonds is 12. The van der Waals surface area contributed by atoms with Gasteiger partial charge < -0.3 is 31.1 Å². The van der Waals surface area contributed by atoms with Crippen LogP contribution in [-0.4, -0.2) is 76.5 Å². The first-order valence-corrected chi connectivity index (χ1v) is 8.54. The van der Waals surface area contributed by atoms with Gasteiger partial charge in [0, 0.05) is 36.8 Å². The molecule has 9 nitrogen and oxygen atoms in total. The summed E-state index contributed by atoms with van der Waals surface area (Å²) in [5.74, 6) is -1.54. The monoisotopic (exact) mass is 376 g/mol. The lowest BCUT2D eigenvalue weighted by atomic mass is 9.87. The minimum Gasteiger partial charge on any atom is -0.396 e. The molecule has 2 unspecified atom stereocenters. The number of carbonyl (C=O) groups is 3. The average Bonchev–Trinajstić information content (AvgIpc) is 2.59. The van der Waals surface area contributed by atoms with Crippen molar-refractivity contribution in [1.29, 1.82) is 0 Å². The van der Waals surface area contributed by atoms with Gasteiger partial charge in [-0.2, -0.15) is 0 Å². The van der Waals surface area contributed by atoms with Crippen molar-refractivity contribution in [2.45, 2.75) is 52.7 Å². The van der Waals surface area contributed by atoms with Crippen molar-refractivity contribution in [1.82, 2.24) is 10.6 Å². The summed E-state index contributed by atoms with van der Waals surface area (Å²) in [6, 6.07) is 0. The molecule has 6 N–H and O–H groups in total. The van der Waals surface area contributed by atoms with Gasteiger partial charge >= 0.3 is 0 Å². The Labute approximate surface area is 153 Å². The summed E-state index contributed by atoms with van der Waals surface area (Å²) in [7, 11) is 0. The van der Waals surface area contributed by atoms with E-state index < -0.39 is 34.9 Å². The van der Waals surface area contributed by atoms with Gasteiger partial charge in [0.05, 0.1) is 13.2 Å². The van der Waals surface area contributed by atoms with E-state index in [4.69, 9.17) is 10.2 Å². The van der Waals surface area contributed by atoms with Crippen LogP contribution in [0.15, 0.2) is 0 Å². The molecular weight excluding hydrogens is 344 g/mol. The fourth-order valence-corrected chi connectivity index (χ4v) is 1.85. The molecule has 0 bridgehead atoms. The number of hydrogen-bond donors (Lipinski definition) is 6. The number of Topliss-reactive ketones (excluding diaryl/α,β-unsaturated/α-hetero) is 1. The van der Waals surface area contributed by atoms with Gasteiger partial charge in [0.25, 0.3) is 0 Å².